The number of ketones is 1. The van der Waals surface area contributed by atoms with E-state index in [0.717, 1.165) is 25.9 Å². The van der Waals surface area contributed by atoms with Crippen molar-refractivity contribution in [1.82, 2.24) is 0 Å². The highest BCUT2D eigenvalue weighted by Gasteiger charge is 2.19. The molecule has 2 nitrogen and oxygen atoms in total. The Morgan fingerprint density at radius 3 is 2.56 bits per heavy atom. The molecule has 2 rings (SSSR count). The third-order valence-electron chi connectivity index (χ3n) is 3.04. The number of para-hydroxylation sites is 1. The molecule has 1 fully saturated rings. The maximum absolute atomic E-state index is 13.8. The van der Waals surface area contributed by atoms with Gasteiger partial charge in [0.25, 0.3) is 0 Å². The number of carbonyl (C=O) groups is 1. The average molecular weight is 221 g/mol. The minimum absolute atomic E-state index is 0.0694. The molecular formula is C13H16FNO. The van der Waals surface area contributed by atoms with E-state index in [0.29, 0.717) is 11.3 Å². The summed E-state index contributed by atoms with van der Waals surface area (Å²) in [6, 6.07) is 4.73. The predicted octanol–water partition coefficient (Wildman–Crippen LogP) is 3.02. The van der Waals surface area contributed by atoms with Crippen LogP contribution in [-0.4, -0.2) is 18.9 Å². The van der Waals surface area contributed by atoms with Gasteiger partial charge in [-0.3, -0.25) is 4.79 Å². The summed E-state index contributed by atoms with van der Waals surface area (Å²) in [6.45, 7) is 3.19. The number of carbonyl (C=O) groups excluding carboxylic acids is 1. The van der Waals surface area contributed by atoms with Gasteiger partial charge in [-0.2, -0.15) is 0 Å². The van der Waals surface area contributed by atoms with Crippen LogP contribution in [-0.2, 0) is 0 Å². The fourth-order valence-electron chi connectivity index (χ4n) is 2.24. The van der Waals surface area contributed by atoms with Crippen LogP contribution < -0.4 is 4.90 Å². The first-order valence-corrected chi connectivity index (χ1v) is 5.74. The van der Waals surface area contributed by atoms with Crippen molar-refractivity contribution in [1.29, 1.82) is 0 Å². The lowest BCUT2D eigenvalue weighted by Gasteiger charge is -2.30. The molecule has 1 saturated heterocycles. The second-order valence-corrected chi connectivity index (χ2v) is 4.24. The average Bonchev–Trinajstić information content (AvgIpc) is 2.29. The molecular weight excluding hydrogens is 205 g/mol. The van der Waals surface area contributed by atoms with E-state index in [4.69, 9.17) is 0 Å². The Kier molecular flexibility index (Phi) is 3.22. The number of benzene rings is 1. The van der Waals surface area contributed by atoms with Gasteiger partial charge in [-0.1, -0.05) is 6.07 Å². The zero-order valence-corrected chi connectivity index (χ0v) is 9.50. The van der Waals surface area contributed by atoms with Gasteiger partial charge < -0.3 is 4.90 Å². The van der Waals surface area contributed by atoms with Gasteiger partial charge in [-0.15, -0.1) is 0 Å². The van der Waals surface area contributed by atoms with Gasteiger partial charge in [0.15, 0.2) is 5.78 Å². The van der Waals surface area contributed by atoms with Gasteiger partial charge in [-0.05, 0) is 38.3 Å². The van der Waals surface area contributed by atoms with E-state index >= 15 is 0 Å². The summed E-state index contributed by atoms with van der Waals surface area (Å²) in [5, 5.41) is 0. The molecule has 0 aromatic heterocycles. The van der Waals surface area contributed by atoms with Gasteiger partial charge >= 0.3 is 0 Å². The summed E-state index contributed by atoms with van der Waals surface area (Å²) < 4.78 is 13.8. The monoisotopic (exact) mass is 221 g/mol. The van der Waals surface area contributed by atoms with Crippen molar-refractivity contribution in [3.8, 4) is 0 Å². The molecule has 0 amide bonds. The van der Waals surface area contributed by atoms with Crippen LogP contribution in [0, 0.1) is 5.82 Å². The lowest BCUT2D eigenvalue weighted by atomic mass is 10.0. The van der Waals surface area contributed by atoms with E-state index in [-0.39, 0.29) is 11.6 Å². The lowest BCUT2D eigenvalue weighted by Crippen LogP contribution is -2.31. The number of hydrogen-bond donors (Lipinski definition) is 0. The molecule has 0 atom stereocenters. The quantitative estimate of drug-likeness (QED) is 0.715. The van der Waals surface area contributed by atoms with Crippen LogP contribution in [0.3, 0.4) is 0 Å². The van der Waals surface area contributed by atoms with E-state index < -0.39 is 0 Å². The zero-order valence-electron chi connectivity index (χ0n) is 9.50. The van der Waals surface area contributed by atoms with E-state index in [9.17, 15) is 9.18 Å². The van der Waals surface area contributed by atoms with Gasteiger partial charge in [0, 0.05) is 18.7 Å². The van der Waals surface area contributed by atoms with Gasteiger partial charge in [0.05, 0.1) is 5.69 Å². The molecule has 0 aliphatic carbocycles. The Hall–Kier alpha value is -1.38. The number of rotatable bonds is 2. The first-order valence-electron chi connectivity index (χ1n) is 5.74. The number of hydrogen-bond acceptors (Lipinski definition) is 2. The van der Waals surface area contributed by atoms with E-state index in [2.05, 4.69) is 0 Å². The van der Waals surface area contributed by atoms with Crippen LogP contribution in [0.15, 0.2) is 18.2 Å². The van der Waals surface area contributed by atoms with E-state index in [1.54, 1.807) is 12.1 Å². The molecule has 0 saturated carbocycles. The Morgan fingerprint density at radius 2 is 1.94 bits per heavy atom. The van der Waals surface area contributed by atoms with Crippen LogP contribution in [0.5, 0.6) is 0 Å². The number of Topliss-reactive ketones (excluding diaryl/α,β-unsaturated/α-hetero) is 1. The maximum Gasteiger partial charge on any atom is 0.161 e. The molecule has 16 heavy (non-hydrogen) atoms. The fraction of sp³-hybridized carbons (Fsp3) is 0.462. The summed E-state index contributed by atoms with van der Waals surface area (Å²) >= 11 is 0. The second-order valence-electron chi connectivity index (χ2n) is 4.24. The Morgan fingerprint density at radius 1 is 1.25 bits per heavy atom. The molecule has 3 heteroatoms. The van der Waals surface area contributed by atoms with E-state index in [1.165, 1.54) is 19.4 Å². The summed E-state index contributed by atoms with van der Waals surface area (Å²) in [7, 11) is 0. The van der Waals surface area contributed by atoms with Crippen LogP contribution in [0.4, 0.5) is 10.1 Å². The van der Waals surface area contributed by atoms with Crippen molar-refractivity contribution in [2.24, 2.45) is 0 Å². The highest BCUT2D eigenvalue weighted by atomic mass is 19.1. The minimum atomic E-state index is -0.283. The minimum Gasteiger partial charge on any atom is -0.369 e. The molecule has 0 N–H and O–H groups in total. The van der Waals surface area contributed by atoms with Gasteiger partial charge in [0.2, 0.25) is 0 Å². The van der Waals surface area contributed by atoms with E-state index in [1.807, 2.05) is 4.90 Å². The first-order chi connectivity index (χ1) is 7.70. The number of nitrogens with zero attached hydrogens (tertiary/aromatic N) is 1. The van der Waals surface area contributed by atoms with Crippen molar-refractivity contribution in [2.75, 3.05) is 18.0 Å². The predicted molar refractivity (Wildman–Crippen MR) is 62.5 cm³/mol. The molecule has 0 spiro atoms. The topological polar surface area (TPSA) is 20.3 Å². The zero-order chi connectivity index (χ0) is 11.5. The molecule has 86 valence electrons. The summed E-state index contributed by atoms with van der Waals surface area (Å²) in [6.07, 6.45) is 3.34. The van der Waals surface area contributed by atoms with Gasteiger partial charge in [0.1, 0.15) is 5.82 Å². The summed E-state index contributed by atoms with van der Waals surface area (Å²) in [5.41, 5.74) is 0.997. The molecule has 1 aliphatic rings. The maximum atomic E-state index is 13.8. The van der Waals surface area contributed by atoms with Gasteiger partial charge in [-0.25, -0.2) is 4.39 Å². The van der Waals surface area contributed by atoms with Crippen molar-refractivity contribution >= 4 is 11.5 Å². The molecule has 1 aliphatic heterocycles. The largest absolute Gasteiger partial charge is 0.369 e. The SMILES string of the molecule is CC(=O)c1cccc(F)c1N1CCCCC1. The fourth-order valence-corrected chi connectivity index (χ4v) is 2.24. The third kappa shape index (κ3) is 2.08. The van der Waals surface area contributed by atoms with Crippen LogP contribution in [0.2, 0.25) is 0 Å². The van der Waals surface area contributed by atoms with Crippen molar-refractivity contribution in [3.63, 3.8) is 0 Å². The number of halogens is 1. The van der Waals surface area contributed by atoms with Crippen LogP contribution in [0.1, 0.15) is 36.5 Å². The van der Waals surface area contributed by atoms with Crippen LogP contribution >= 0.6 is 0 Å². The van der Waals surface area contributed by atoms with Crippen molar-refractivity contribution in [2.45, 2.75) is 26.2 Å². The first kappa shape index (κ1) is 11.1. The highest BCUT2D eigenvalue weighted by molar-refractivity contribution is 5.99. The van der Waals surface area contributed by atoms with Crippen molar-refractivity contribution in [3.05, 3.63) is 29.6 Å². The summed E-state index contributed by atoms with van der Waals surface area (Å²) in [5.74, 6) is -0.352. The second kappa shape index (κ2) is 4.64. The summed E-state index contributed by atoms with van der Waals surface area (Å²) in [4.78, 5) is 13.5. The molecule has 0 bridgehead atoms. The normalized spacial score (nSPS) is 16.2. The lowest BCUT2D eigenvalue weighted by molar-refractivity contribution is 0.101. The smallest absolute Gasteiger partial charge is 0.161 e. The highest BCUT2D eigenvalue weighted by Crippen LogP contribution is 2.27. The number of piperidine rings is 1. The molecule has 1 aromatic rings. The van der Waals surface area contributed by atoms with Crippen LogP contribution in [0.25, 0.3) is 0 Å². The third-order valence-corrected chi connectivity index (χ3v) is 3.04. The Labute approximate surface area is 95.1 Å². The molecule has 0 unspecified atom stereocenters. The Bertz CT molecular complexity index is 397. The molecule has 1 aromatic carbocycles. The number of anilines is 1. The molecule has 0 radical (unpaired) electrons. The molecule has 1 heterocycles. The Balaban J connectivity index is 2.40. The standard InChI is InChI=1S/C13H16FNO/c1-10(16)11-6-5-7-12(14)13(11)15-8-3-2-4-9-15/h5-7H,2-4,8-9H2,1H3. The van der Waals surface area contributed by atoms with Crippen molar-refractivity contribution < 1.29 is 9.18 Å².